The first-order valence-electron chi connectivity index (χ1n) is 6.12. The highest BCUT2D eigenvalue weighted by atomic mass is 19.1. The number of para-hydroxylation sites is 1. The Morgan fingerprint density at radius 1 is 1.05 bits per heavy atom. The highest BCUT2D eigenvalue weighted by molar-refractivity contribution is 6.07. The van der Waals surface area contributed by atoms with E-state index in [4.69, 9.17) is 0 Å². The van der Waals surface area contributed by atoms with Crippen molar-refractivity contribution >= 4 is 5.78 Å². The van der Waals surface area contributed by atoms with Crippen LogP contribution in [0.25, 0.3) is 5.69 Å². The molecule has 0 N–H and O–H groups in total. The molecule has 3 rings (SSSR count). The van der Waals surface area contributed by atoms with Gasteiger partial charge in [0.2, 0.25) is 5.78 Å². The SMILES string of the molecule is O=C(c1cnn(-c2ccccc2)n1)c1cc(F)ccc1F. The van der Waals surface area contributed by atoms with E-state index in [-0.39, 0.29) is 11.3 Å². The van der Waals surface area contributed by atoms with Gasteiger partial charge in [-0.2, -0.15) is 9.90 Å². The van der Waals surface area contributed by atoms with Gasteiger partial charge in [0.25, 0.3) is 0 Å². The molecule has 0 spiro atoms. The monoisotopic (exact) mass is 285 g/mol. The van der Waals surface area contributed by atoms with E-state index in [1.807, 2.05) is 6.07 Å². The Balaban J connectivity index is 1.96. The summed E-state index contributed by atoms with van der Waals surface area (Å²) in [6.45, 7) is 0. The number of nitrogens with zero attached hydrogens (tertiary/aromatic N) is 3. The number of aromatic nitrogens is 3. The van der Waals surface area contributed by atoms with Crippen LogP contribution in [0.4, 0.5) is 8.78 Å². The molecule has 0 aliphatic carbocycles. The van der Waals surface area contributed by atoms with E-state index in [1.165, 1.54) is 11.0 Å². The smallest absolute Gasteiger partial charge is 0.217 e. The molecular formula is C15H9F2N3O. The third kappa shape index (κ3) is 2.55. The number of benzene rings is 2. The number of carbonyl (C=O) groups excluding carboxylic acids is 1. The van der Waals surface area contributed by atoms with Crippen molar-refractivity contribution in [3.63, 3.8) is 0 Å². The summed E-state index contributed by atoms with van der Waals surface area (Å²) in [5, 5.41) is 7.95. The topological polar surface area (TPSA) is 47.8 Å². The fourth-order valence-corrected chi connectivity index (χ4v) is 1.86. The van der Waals surface area contributed by atoms with E-state index in [0.717, 1.165) is 18.2 Å². The van der Waals surface area contributed by atoms with Crippen molar-refractivity contribution < 1.29 is 13.6 Å². The molecule has 0 saturated carbocycles. The maximum atomic E-state index is 13.6. The predicted molar refractivity (Wildman–Crippen MR) is 71.1 cm³/mol. The van der Waals surface area contributed by atoms with Crippen LogP contribution in [-0.2, 0) is 0 Å². The van der Waals surface area contributed by atoms with Crippen LogP contribution in [0.15, 0.2) is 54.7 Å². The van der Waals surface area contributed by atoms with Gasteiger partial charge in [-0.15, -0.1) is 5.10 Å². The summed E-state index contributed by atoms with van der Waals surface area (Å²) >= 11 is 0. The summed E-state index contributed by atoms with van der Waals surface area (Å²) in [6.07, 6.45) is 1.22. The van der Waals surface area contributed by atoms with Crippen LogP contribution in [-0.4, -0.2) is 20.8 Å². The second-order valence-electron chi connectivity index (χ2n) is 4.31. The van der Waals surface area contributed by atoms with Gasteiger partial charge in [-0.1, -0.05) is 18.2 Å². The van der Waals surface area contributed by atoms with Gasteiger partial charge in [-0.05, 0) is 30.3 Å². The molecule has 0 aliphatic rings. The first-order valence-corrected chi connectivity index (χ1v) is 6.12. The lowest BCUT2D eigenvalue weighted by Gasteiger charge is -2.00. The molecule has 0 aliphatic heterocycles. The molecule has 104 valence electrons. The Bertz CT molecular complexity index is 800. The van der Waals surface area contributed by atoms with Crippen molar-refractivity contribution in [1.29, 1.82) is 0 Å². The fourth-order valence-electron chi connectivity index (χ4n) is 1.86. The summed E-state index contributed by atoms with van der Waals surface area (Å²) in [6, 6.07) is 11.7. The van der Waals surface area contributed by atoms with E-state index >= 15 is 0 Å². The van der Waals surface area contributed by atoms with Gasteiger partial charge in [0.05, 0.1) is 17.4 Å². The zero-order chi connectivity index (χ0) is 14.8. The van der Waals surface area contributed by atoms with E-state index in [1.54, 1.807) is 24.3 Å². The Hall–Kier alpha value is -2.89. The lowest BCUT2D eigenvalue weighted by Crippen LogP contribution is -2.07. The first-order chi connectivity index (χ1) is 10.1. The molecule has 0 bridgehead atoms. The zero-order valence-corrected chi connectivity index (χ0v) is 10.7. The Kier molecular flexibility index (Phi) is 3.27. The van der Waals surface area contributed by atoms with Crippen molar-refractivity contribution in [2.24, 2.45) is 0 Å². The lowest BCUT2D eigenvalue weighted by molar-refractivity contribution is 0.102. The number of hydrogen-bond donors (Lipinski definition) is 0. The molecular weight excluding hydrogens is 276 g/mol. The molecule has 1 aromatic heterocycles. The molecule has 0 atom stereocenters. The molecule has 4 nitrogen and oxygen atoms in total. The van der Waals surface area contributed by atoms with Gasteiger partial charge < -0.3 is 0 Å². The maximum Gasteiger partial charge on any atom is 0.217 e. The van der Waals surface area contributed by atoms with Crippen molar-refractivity contribution in [3.05, 3.63) is 77.6 Å². The zero-order valence-electron chi connectivity index (χ0n) is 10.7. The molecule has 0 fully saturated rings. The minimum absolute atomic E-state index is 0.0525. The lowest BCUT2D eigenvalue weighted by atomic mass is 10.1. The third-order valence-corrected chi connectivity index (χ3v) is 2.88. The van der Waals surface area contributed by atoms with Crippen LogP contribution in [0.3, 0.4) is 0 Å². The largest absolute Gasteiger partial charge is 0.287 e. The molecule has 0 unspecified atom stereocenters. The van der Waals surface area contributed by atoms with Crippen molar-refractivity contribution in [2.45, 2.75) is 0 Å². The second-order valence-corrected chi connectivity index (χ2v) is 4.31. The first kappa shape index (κ1) is 13.1. The van der Waals surface area contributed by atoms with Crippen LogP contribution in [0.1, 0.15) is 16.1 Å². The quantitative estimate of drug-likeness (QED) is 0.695. The molecule has 3 aromatic rings. The Morgan fingerprint density at radius 2 is 1.81 bits per heavy atom. The van der Waals surface area contributed by atoms with Crippen molar-refractivity contribution in [3.8, 4) is 5.69 Å². The van der Waals surface area contributed by atoms with Crippen molar-refractivity contribution in [1.82, 2.24) is 15.0 Å². The molecule has 2 aromatic carbocycles. The standard InChI is InChI=1S/C15H9F2N3O/c16-10-6-7-13(17)12(8-10)15(21)14-9-18-20(19-14)11-4-2-1-3-5-11/h1-9H. The van der Waals surface area contributed by atoms with E-state index in [2.05, 4.69) is 10.2 Å². The summed E-state index contributed by atoms with van der Waals surface area (Å²) < 4.78 is 26.7. The molecule has 1 heterocycles. The number of carbonyl (C=O) groups is 1. The van der Waals surface area contributed by atoms with Gasteiger partial charge in [-0.25, -0.2) is 8.78 Å². The van der Waals surface area contributed by atoms with Crippen LogP contribution in [0.2, 0.25) is 0 Å². The summed E-state index contributed by atoms with van der Waals surface area (Å²) in [5.74, 6) is -2.19. The van der Waals surface area contributed by atoms with E-state index < -0.39 is 17.4 Å². The summed E-state index contributed by atoms with van der Waals surface area (Å²) in [4.78, 5) is 13.4. The normalized spacial score (nSPS) is 10.6. The average Bonchev–Trinajstić information content (AvgIpc) is 3.00. The molecule has 21 heavy (non-hydrogen) atoms. The van der Waals surface area contributed by atoms with Gasteiger partial charge in [0.1, 0.15) is 11.6 Å². The van der Waals surface area contributed by atoms with Gasteiger partial charge in [0.15, 0.2) is 5.69 Å². The van der Waals surface area contributed by atoms with Gasteiger partial charge in [-0.3, -0.25) is 4.79 Å². The number of halogens is 2. The van der Waals surface area contributed by atoms with E-state index in [0.29, 0.717) is 5.69 Å². The predicted octanol–water partition coefficient (Wildman–Crippen LogP) is 2.78. The average molecular weight is 285 g/mol. The Labute approximate surface area is 118 Å². The number of rotatable bonds is 3. The van der Waals surface area contributed by atoms with Crippen molar-refractivity contribution in [2.75, 3.05) is 0 Å². The third-order valence-electron chi connectivity index (χ3n) is 2.88. The molecule has 6 heteroatoms. The van der Waals surface area contributed by atoms with Crippen LogP contribution in [0.5, 0.6) is 0 Å². The minimum Gasteiger partial charge on any atom is -0.287 e. The van der Waals surface area contributed by atoms with E-state index in [9.17, 15) is 13.6 Å². The van der Waals surface area contributed by atoms with Gasteiger partial charge >= 0.3 is 0 Å². The number of hydrogen-bond acceptors (Lipinski definition) is 3. The molecule has 0 saturated heterocycles. The fraction of sp³-hybridized carbons (Fsp3) is 0. The minimum atomic E-state index is -0.796. The summed E-state index contributed by atoms with van der Waals surface area (Å²) in [7, 11) is 0. The van der Waals surface area contributed by atoms with Crippen LogP contribution in [0, 0.1) is 11.6 Å². The van der Waals surface area contributed by atoms with Crippen LogP contribution < -0.4 is 0 Å². The van der Waals surface area contributed by atoms with Crippen LogP contribution >= 0.6 is 0 Å². The highest BCUT2D eigenvalue weighted by Crippen LogP contribution is 2.14. The highest BCUT2D eigenvalue weighted by Gasteiger charge is 2.18. The number of ketones is 1. The summed E-state index contributed by atoms with van der Waals surface area (Å²) in [5.41, 5.74) is 0.245. The molecule has 0 radical (unpaired) electrons. The second kappa shape index (κ2) is 5.24. The Morgan fingerprint density at radius 3 is 2.57 bits per heavy atom. The maximum absolute atomic E-state index is 13.6. The molecule has 0 amide bonds. The van der Waals surface area contributed by atoms with Gasteiger partial charge in [0, 0.05) is 0 Å².